The van der Waals surface area contributed by atoms with Gasteiger partial charge >= 0.3 is 0 Å². The second-order valence-corrected chi connectivity index (χ2v) is 20.1. The van der Waals surface area contributed by atoms with Crippen LogP contribution in [0.2, 0.25) is 0 Å². The molecule has 0 bridgehead atoms. The highest BCUT2D eigenvalue weighted by Crippen LogP contribution is 2.64. The average molecular weight is 708 g/mol. The number of sulfonamides is 2. The zero-order valence-electron chi connectivity index (χ0n) is 27.9. The van der Waals surface area contributed by atoms with Crippen molar-refractivity contribution in [2.24, 2.45) is 10.4 Å². The smallest absolute Gasteiger partial charge is 0.250 e. The first-order chi connectivity index (χ1) is 22.7. The predicted octanol–water partition coefficient (Wildman–Crippen LogP) is 7.86. The van der Waals surface area contributed by atoms with E-state index in [0.717, 1.165) is 23.6 Å². The Balaban J connectivity index is 1.42. The molecule has 1 saturated carbocycles. The topological polar surface area (TPSA) is 106 Å². The molecule has 0 unspecified atom stereocenters. The van der Waals surface area contributed by atoms with Gasteiger partial charge in [-0.2, -0.15) is 0 Å². The molecule has 254 valence electrons. The minimum absolute atomic E-state index is 0.125. The van der Waals surface area contributed by atoms with Gasteiger partial charge in [-0.25, -0.2) is 21.8 Å². The van der Waals surface area contributed by atoms with Crippen LogP contribution in [0.3, 0.4) is 0 Å². The molecular formula is C36H42N3O6PS2. The van der Waals surface area contributed by atoms with E-state index in [1.54, 1.807) is 50.2 Å². The average Bonchev–Trinajstić information content (AvgIpc) is 3.69. The molecule has 0 spiro atoms. The SMILES string of the molecule is CC(C)(OP1N(S(=O)(=O)c2cccc3ccccc23)[C@@H]2CCCC[C@H]2N1S(=O)(=O)c1cccc2ccccc12)C1=N[C@@H](C(C)(C)C)CO1. The Bertz CT molecular complexity index is 1990. The molecule has 0 radical (unpaired) electrons. The molecule has 7 rings (SSSR count). The molecule has 0 N–H and O–H groups in total. The standard InChI is InChI=1S/C36H42N3O6PS2/c1-35(2,3)33-24-44-34(37-33)36(4,5)45-46-38(47(40,41)31-22-12-16-25-14-6-8-18-27(25)31)29-20-10-11-21-30(29)39(46)48(42,43)32-23-13-17-26-15-7-9-19-28(26)32/h6-9,12-19,22-23,29-30,33H,10-11,20-21,24H2,1-5H3/t29-,30-,33-/m1/s1. The molecule has 3 aliphatic rings. The van der Waals surface area contributed by atoms with Crippen LogP contribution in [0.4, 0.5) is 0 Å². The molecule has 1 aliphatic carbocycles. The van der Waals surface area contributed by atoms with Crippen LogP contribution in [-0.2, 0) is 29.3 Å². The third-order valence-electron chi connectivity index (χ3n) is 9.62. The molecule has 2 aliphatic heterocycles. The molecule has 48 heavy (non-hydrogen) atoms. The third kappa shape index (κ3) is 5.66. The van der Waals surface area contributed by atoms with Crippen molar-refractivity contribution in [1.29, 1.82) is 0 Å². The highest BCUT2D eigenvalue weighted by Gasteiger charge is 2.61. The lowest BCUT2D eigenvalue weighted by atomic mass is 9.88. The van der Waals surface area contributed by atoms with Crippen molar-refractivity contribution in [1.82, 2.24) is 8.15 Å². The fraction of sp³-hybridized carbons (Fsp3) is 0.417. The van der Waals surface area contributed by atoms with Crippen LogP contribution in [0.1, 0.15) is 60.3 Å². The maximum absolute atomic E-state index is 15.1. The van der Waals surface area contributed by atoms with Gasteiger partial charge in [0.25, 0.3) is 0 Å². The van der Waals surface area contributed by atoms with Crippen LogP contribution in [0.25, 0.3) is 21.5 Å². The molecule has 9 nitrogen and oxygen atoms in total. The Morgan fingerprint density at radius 1 is 0.708 bits per heavy atom. The number of aliphatic imine (C=N–C) groups is 1. The lowest BCUT2D eigenvalue weighted by Crippen LogP contribution is -2.43. The largest absolute Gasteiger partial charge is 0.477 e. The van der Waals surface area contributed by atoms with E-state index < -0.39 is 46.2 Å². The molecule has 12 heteroatoms. The van der Waals surface area contributed by atoms with E-state index in [4.69, 9.17) is 14.3 Å². The van der Waals surface area contributed by atoms with Crippen LogP contribution in [0, 0.1) is 5.41 Å². The Morgan fingerprint density at radius 3 is 1.62 bits per heavy atom. The first kappa shape index (κ1) is 33.6. The van der Waals surface area contributed by atoms with E-state index in [0.29, 0.717) is 36.1 Å². The Morgan fingerprint density at radius 2 is 1.17 bits per heavy atom. The van der Waals surface area contributed by atoms with E-state index >= 15 is 16.8 Å². The first-order valence-electron chi connectivity index (χ1n) is 16.5. The van der Waals surface area contributed by atoms with Crippen molar-refractivity contribution in [2.75, 3.05) is 6.61 Å². The zero-order valence-corrected chi connectivity index (χ0v) is 30.4. The Labute approximate surface area is 285 Å². The molecule has 4 aromatic carbocycles. The molecule has 0 aromatic heterocycles. The summed E-state index contributed by atoms with van der Waals surface area (Å²) >= 11 is 0. The summed E-state index contributed by atoms with van der Waals surface area (Å²) in [5.41, 5.74) is -1.41. The quantitative estimate of drug-likeness (QED) is 0.181. The van der Waals surface area contributed by atoms with E-state index in [1.807, 2.05) is 48.5 Å². The summed E-state index contributed by atoms with van der Waals surface area (Å²) in [4.78, 5) is 5.14. The van der Waals surface area contributed by atoms with Gasteiger partial charge in [-0.1, -0.05) is 106 Å². The Kier molecular flexibility index (Phi) is 8.49. The second kappa shape index (κ2) is 12.1. The number of rotatable bonds is 7. The number of fused-ring (bicyclic) bond motifs is 3. The van der Waals surface area contributed by atoms with Gasteiger partial charge in [0, 0.05) is 22.9 Å². The summed E-state index contributed by atoms with van der Waals surface area (Å²) in [5, 5.41) is 2.72. The van der Waals surface area contributed by atoms with Crippen molar-refractivity contribution < 1.29 is 26.1 Å². The predicted molar refractivity (Wildman–Crippen MR) is 191 cm³/mol. The molecule has 0 amide bonds. The lowest BCUT2D eigenvalue weighted by molar-refractivity contribution is 0.147. The first-order valence-corrected chi connectivity index (χ1v) is 20.5. The summed E-state index contributed by atoms with van der Waals surface area (Å²) in [7, 11) is -11.0. The van der Waals surface area contributed by atoms with Gasteiger partial charge in [0.1, 0.15) is 12.2 Å². The third-order valence-corrected chi connectivity index (χ3v) is 17.0. The summed E-state index contributed by atoms with van der Waals surface area (Å²) in [5.74, 6) is 0.338. The van der Waals surface area contributed by atoms with Gasteiger partial charge in [-0.15, -0.1) is 8.15 Å². The number of nitrogens with zero attached hydrogens (tertiary/aromatic N) is 3. The molecule has 4 aromatic rings. The molecule has 3 atom stereocenters. The minimum Gasteiger partial charge on any atom is -0.477 e. The van der Waals surface area contributed by atoms with Crippen molar-refractivity contribution in [3.05, 3.63) is 84.9 Å². The highest BCUT2D eigenvalue weighted by atomic mass is 32.2. The van der Waals surface area contributed by atoms with Gasteiger partial charge in [0.15, 0.2) is 0 Å². The number of benzene rings is 4. The summed E-state index contributed by atoms with van der Waals surface area (Å²) in [6.07, 6.45) is 2.59. The van der Waals surface area contributed by atoms with Gasteiger partial charge in [-0.3, -0.25) is 0 Å². The fourth-order valence-corrected chi connectivity index (χ4v) is 14.7. The summed E-state index contributed by atoms with van der Waals surface area (Å²) in [6, 6.07) is 23.8. The van der Waals surface area contributed by atoms with Gasteiger partial charge < -0.3 is 9.26 Å². The molecule has 2 heterocycles. The van der Waals surface area contributed by atoms with Crippen molar-refractivity contribution in [3.8, 4) is 0 Å². The van der Waals surface area contributed by atoms with Crippen molar-refractivity contribution in [3.63, 3.8) is 0 Å². The molecular weight excluding hydrogens is 666 g/mol. The number of hydrogen-bond acceptors (Lipinski definition) is 7. The summed E-state index contributed by atoms with van der Waals surface area (Å²) in [6.45, 7) is 10.2. The van der Waals surface area contributed by atoms with Crippen LogP contribution >= 0.6 is 8.45 Å². The van der Waals surface area contributed by atoms with Crippen LogP contribution in [0.15, 0.2) is 99.7 Å². The Hall–Kier alpha value is -2.92. The maximum atomic E-state index is 15.1. The lowest BCUT2D eigenvalue weighted by Gasteiger charge is -2.35. The fourth-order valence-electron chi connectivity index (χ4n) is 7.00. The maximum Gasteiger partial charge on any atom is 0.250 e. The number of hydrogen-bond donors (Lipinski definition) is 0. The normalized spacial score (nSPS) is 23.4. The van der Waals surface area contributed by atoms with Gasteiger partial charge in [0.05, 0.1) is 15.8 Å². The van der Waals surface area contributed by atoms with Crippen molar-refractivity contribution >= 4 is 55.9 Å². The van der Waals surface area contributed by atoms with Crippen LogP contribution in [-0.4, -0.2) is 61.2 Å². The monoisotopic (exact) mass is 707 g/mol. The summed E-state index contributed by atoms with van der Waals surface area (Å²) < 4.78 is 76.2. The number of ether oxygens (including phenoxy) is 1. The van der Waals surface area contributed by atoms with Gasteiger partial charge in [-0.05, 0) is 55.0 Å². The molecule has 1 saturated heterocycles. The van der Waals surface area contributed by atoms with E-state index in [9.17, 15) is 0 Å². The second-order valence-electron chi connectivity index (χ2n) is 14.4. The zero-order chi connectivity index (χ0) is 34.1. The molecule has 2 fully saturated rings. The van der Waals surface area contributed by atoms with Crippen LogP contribution in [0.5, 0.6) is 0 Å². The highest BCUT2D eigenvalue weighted by molar-refractivity contribution is 7.98. The van der Waals surface area contributed by atoms with Gasteiger partial charge in [0.2, 0.25) is 34.4 Å². The van der Waals surface area contributed by atoms with E-state index in [-0.39, 0.29) is 21.2 Å². The van der Waals surface area contributed by atoms with Crippen LogP contribution < -0.4 is 0 Å². The van der Waals surface area contributed by atoms with E-state index in [1.165, 1.54) is 8.15 Å². The van der Waals surface area contributed by atoms with Crippen molar-refractivity contribution in [2.45, 2.75) is 93.8 Å². The minimum atomic E-state index is -4.28. The van der Waals surface area contributed by atoms with E-state index in [2.05, 4.69) is 20.8 Å².